The molecule has 3 N–H and O–H groups in total. The van der Waals surface area contributed by atoms with E-state index in [9.17, 15) is 4.39 Å². The molecule has 2 rings (SSSR count). The van der Waals surface area contributed by atoms with Crippen LogP contribution in [0.1, 0.15) is 17.2 Å². The number of guanidine groups is 1. The molecule has 0 amide bonds. The number of nitrogens with two attached hydrogens (primary N) is 1. The number of methoxy groups -OCH3 is 2. The molecule has 160 valence electrons. The zero-order chi connectivity index (χ0) is 20.5. The third-order valence-electron chi connectivity index (χ3n) is 4.46. The van der Waals surface area contributed by atoms with Gasteiger partial charge in [0.1, 0.15) is 5.82 Å². The Morgan fingerprint density at radius 1 is 1.14 bits per heavy atom. The molecular formula is C21H30FIN4O2. The largest absolute Gasteiger partial charge is 0.493 e. The van der Waals surface area contributed by atoms with Crippen molar-refractivity contribution in [3.8, 4) is 11.5 Å². The summed E-state index contributed by atoms with van der Waals surface area (Å²) >= 11 is 0. The topological polar surface area (TPSA) is 72.1 Å². The molecule has 0 bridgehead atoms. The predicted octanol–water partition coefficient (Wildman–Crippen LogP) is 3.21. The first-order chi connectivity index (χ1) is 13.4. The summed E-state index contributed by atoms with van der Waals surface area (Å²) in [6.45, 7) is 1.07. The minimum atomic E-state index is -0.255. The van der Waals surface area contributed by atoms with Crippen LogP contribution >= 0.6 is 24.0 Å². The summed E-state index contributed by atoms with van der Waals surface area (Å²) in [4.78, 5) is 6.41. The average molecular weight is 516 g/mol. The number of nitrogens with one attached hydrogen (secondary N) is 1. The van der Waals surface area contributed by atoms with Crippen LogP contribution in [0.2, 0.25) is 0 Å². The van der Waals surface area contributed by atoms with Crippen molar-refractivity contribution in [2.24, 2.45) is 10.7 Å². The Morgan fingerprint density at radius 3 is 2.48 bits per heavy atom. The average Bonchev–Trinajstić information content (AvgIpc) is 2.67. The van der Waals surface area contributed by atoms with Gasteiger partial charge in [-0.25, -0.2) is 4.39 Å². The molecule has 0 fully saturated rings. The van der Waals surface area contributed by atoms with E-state index in [1.54, 1.807) is 20.3 Å². The van der Waals surface area contributed by atoms with Gasteiger partial charge in [0.25, 0.3) is 0 Å². The second-order valence-electron chi connectivity index (χ2n) is 6.63. The van der Waals surface area contributed by atoms with Crippen LogP contribution in [-0.4, -0.2) is 52.3 Å². The number of benzene rings is 2. The third kappa shape index (κ3) is 7.69. The summed E-state index contributed by atoms with van der Waals surface area (Å²) in [5.41, 5.74) is 7.97. The Morgan fingerprint density at radius 2 is 1.86 bits per heavy atom. The van der Waals surface area contributed by atoms with Crippen molar-refractivity contribution in [1.29, 1.82) is 0 Å². The fourth-order valence-electron chi connectivity index (χ4n) is 2.89. The monoisotopic (exact) mass is 516 g/mol. The zero-order valence-corrected chi connectivity index (χ0v) is 19.6. The standard InChI is InChI=1S/C21H29FN4O2.HI/c1-26(2)18(16-6-5-7-17(22)13-16)14-25-21(23)24-11-10-15-8-9-19(27-3)20(12-15)28-4;/h5-9,12-13,18H,10-11,14H2,1-4H3,(H3,23,24,25);1H. The van der Waals surface area contributed by atoms with Crippen LogP contribution in [0.25, 0.3) is 0 Å². The van der Waals surface area contributed by atoms with Crippen LogP contribution in [0, 0.1) is 5.82 Å². The molecule has 0 aliphatic heterocycles. The van der Waals surface area contributed by atoms with Gasteiger partial charge < -0.3 is 25.4 Å². The van der Waals surface area contributed by atoms with Gasteiger partial charge >= 0.3 is 0 Å². The molecule has 0 aliphatic rings. The van der Waals surface area contributed by atoms with E-state index in [-0.39, 0.29) is 35.8 Å². The van der Waals surface area contributed by atoms with Crippen LogP contribution in [-0.2, 0) is 6.42 Å². The summed E-state index contributed by atoms with van der Waals surface area (Å²) in [6, 6.07) is 12.3. The van der Waals surface area contributed by atoms with Gasteiger partial charge in [0.2, 0.25) is 0 Å². The van der Waals surface area contributed by atoms with Crippen LogP contribution in [0.5, 0.6) is 11.5 Å². The second-order valence-corrected chi connectivity index (χ2v) is 6.63. The predicted molar refractivity (Wildman–Crippen MR) is 126 cm³/mol. The Hall–Kier alpha value is -2.07. The van der Waals surface area contributed by atoms with E-state index < -0.39 is 0 Å². The molecule has 0 heterocycles. The first kappa shape index (κ1) is 25.0. The van der Waals surface area contributed by atoms with Crippen LogP contribution < -0.4 is 20.5 Å². The number of ether oxygens (including phenoxy) is 2. The lowest BCUT2D eigenvalue weighted by atomic mass is 10.1. The SMILES string of the molecule is COc1ccc(CCNC(N)=NCC(c2cccc(F)c2)N(C)C)cc1OC.I. The van der Waals surface area contributed by atoms with Crippen molar-refractivity contribution in [2.45, 2.75) is 12.5 Å². The number of aliphatic imine (C=N–C) groups is 1. The third-order valence-corrected chi connectivity index (χ3v) is 4.46. The Kier molecular flexibility index (Phi) is 10.7. The van der Waals surface area contributed by atoms with Crippen molar-refractivity contribution in [3.05, 3.63) is 59.4 Å². The summed E-state index contributed by atoms with van der Waals surface area (Å²) in [7, 11) is 7.10. The van der Waals surface area contributed by atoms with E-state index in [4.69, 9.17) is 15.2 Å². The fraction of sp³-hybridized carbons (Fsp3) is 0.381. The molecule has 0 spiro atoms. The van der Waals surface area contributed by atoms with E-state index in [0.717, 1.165) is 17.5 Å². The van der Waals surface area contributed by atoms with Crippen molar-refractivity contribution >= 4 is 29.9 Å². The molecule has 1 unspecified atom stereocenters. The highest BCUT2D eigenvalue weighted by atomic mass is 127. The molecule has 6 nitrogen and oxygen atoms in total. The van der Waals surface area contributed by atoms with E-state index >= 15 is 0 Å². The van der Waals surface area contributed by atoms with Crippen molar-refractivity contribution < 1.29 is 13.9 Å². The highest BCUT2D eigenvalue weighted by Crippen LogP contribution is 2.27. The summed E-state index contributed by atoms with van der Waals surface area (Å²) in [6.07, 6.45) is 0.761. The van der Waals surface area contributed by atoms with Crippen molar-refractivity contribution in [1.82, 2.24) is 10.2 Å². The smallest absolute Gasteiger partial charge is 0.188 e. The highest BCUT2D eigenvalue weighted by Gasteiger charge is 2.14. The van der Waals surface area contributed by atoms with Gasteiger partial charge in [0.15, 0.2) is 17.5 Å². The molecule has 0 radical (unpaired) electrons. The lowest BCUT2D eigenvalue weighted by Crippen LogP contribution is -2.34. The van der Waals surface area contributed by atoms with Crippen LogP contribution in [0.3, 0.4) is 0 Å². The molecule has 2 aromatic rings. The van der Waals surface area contributed by atoms with Gasteiger partial charge in [0.05, 0.1) is 26.8 Å². The molecule has 2 aromatic carbocycles. The van der Waals surface area contributed by atoms with Gasteiger partial charge in [-0.2, -0.15) is 0 Å². The minimum absolute atomic E-state index is 0. The number of rotatable bonds is 9. The highest BCUT2D eigenvalue weighted by molar-refractivity contribution is 14.0. The molecule has 0 saturated carbocycles. The Bertz CT molecular complexity index is 802. The molecule has 0 saturated heterocycles. The van der Waals surface area contributed by atoms with Gasteiger partial charge in [-0.05, 0) is 55.9 Å². The Balaban J connectivity index is 0.00000420. The second kappa shape index (κ2) is 12.5. The van der Waals surface area contributed by atoms with Gasteiger partial charge in [-0.1, -0.05) is 18.2 Å². The van der Waals surface area contributed by atoms with E-state index in [1.807, 2.05) is 43.3 Å². The quantitative estimate of drug-likeness (QED) is 0.305. The van der Waals surface area contributed by atoms with Gasteiger partial charge in [0, 0.05) is 6.54 Å². The maximum Gasteiger partial charge on any atom is 0.188 e. The van der Waals surface area contributed by atoms with Crippen molar-refractivity contribution in [3.63, 3.8) is 0 Å². The van der Waals surface area contributed by atoms with E-state index in [1.165, 1.54) is 12.1 Å². The number of hydrogen-bond donors (Lipinski definition) is 2. The summed E-state index contributed by atoms with van der Waals surface area (Å²) in [5, 5.41) is 3.12. The minimum Gasteiger partial charge on any atom is -0.493 e. The molecule has 0 aliphatic carbocycles. The van der Waals surface area contributed by atoms with E-state index in [0.29, 0.717) is 30.5 Å². The van der Waals surface area contributed by atoms with Gasteiger partial charge in [-0.15, -0.1) is 24.0 Å². The first-order valence-electron chi connectivity index (χ1n) is 9.11. The molecule has 29 heavy (non-hydrogen) atoms. The molecule has 1 atom stereocenters. The Labute approximate surface area is 189 Å². The molecule has 8 heteroatoms. The number of hydrogen-bond acceptors (Lipinski definition) is 4. The maximum absolute atomic E-state index is 13.5. The van der Waals surface area contributed by atoms with Crippen LogP contribution in [0.15, 0.2) is 47.5 Å². The zero-order valence-electron chi connectivity index (χ0n) is 17.3. The molecule has 0 aromatic heterocycles. The van der Waals surface area contributed by atoms with E-state index in [2.05, 4.69) is 10.3 Å². The van der Waals surface area contributed by atoms with Gasteiger partial charge in [-0.3, -0.25) is 4.99 Å². The number of likely N-dealkylation sites (N-methyl/N-ethyl adjacent to an activating group) is 1. The lowest BCUT2D eigenvalue weighted by molar-refractivity contribution is 0.305. The molecular weight excluding hydrogens is 486 g/mol. The summed E-state index contributed by atoms with van der Waals surface area (Å²) < 4.78 is 24.1. The number of nitrogens with zero attached hydrogens (tertiary/aromatic N) is 2. The van der Waals surface area contributed by atoms with Crippen molar-refractivity contribution in [2.75, 3.05) is 41.4 Å². The lowest BCUT2D eigenvalue weighted by Gasteiger charge is -2.23. The van der Waals surface area contributed by atoms with Crippen LogP contribution in [0.4, 0.5) is 4.39 Å². The number of halogens is 2. The normalized spacial score (nSPS) is 12.3. The first-order valence-corrected chi connectivity index (χ1v) is 9.11. The maximum atomic E-state index is 13.5. The summed E-state index contributed by atoms with van der Waals surface area (Å²) in [5.74, 6) is 1.51. The fourth-order valence-corrected chi connectivity index (χ4v) is 2.89.